The molecule has 1 unspecified atom stereocenters. The lowest BCUT2D eigenvalue weighted by molar-refractivity contribution is -0.140. The molecule has 0 radical (unpaired) electrons. The summed E-state index contributed by atoms with van der Waals surface area (Å²) in [7, 11) is 0. The van der Waals surface area contributed by atoms with Crippen molar-refractivity contribution in [1.82, 2.24) is 14.8 Å². The topological polar surface area (TPSA) is 92.2 Å². The van der Waals surface area contributed by atoms with E-state index in [1.54, 1.807) is 29.4 Å². The molecule has 3 heterocycles. The van der Waals surface area contributed by atoms with Crippen LogP contribution in [-0.4, -0.2) is 77.6 Å². The molecular weight excluding hydrogens is 458 g/mol. The molecule has 1 aromatic heterocycles. The van der Waals surface area contributed by atoms with E-state index >= 15 is 0 Å². The molecule has 4 rings (SSSR count). The molecule has 2 aromatic rings. The highest BCUT2D eigenvalue weighted by molar-refractivity contribution is 6.46. The van der Waals surface area contributed by atoms with Crippen LogP contribution in [0.5, 0.6) is 5.75 Å². The molecule has 36 heavy (non-hydrogen) atoms. The SMILES string of the molecule is CCCCCOc1ccc(C2C(=C(O)c3ccncc3)C(=O)C(=O)N2CCCN2CCOCC2)cc1. The Labute approximate surface area is 212 Å². The minimum atomic E-state index is -0.669. The predicted octanol–water partition coefficient (Wildman–Crippen LogP) is 3.79. The first-order valence-electron chi connectivity index (χ1n) is 12.8. The van der Waals surface area contributed by atoms with E-state index in [9.17, 15) is 14.7 Å². The number of aromatic nitrogens is 1. The number of carbonyl (C=O) groups is 2. The van der Waals surface area contributed by atoms with Crippen LogP contribution < -0.4 is 4.74 Å². The number of morpholine rings is 1. The number of carbonyl (C=O) groups excluding carboxylic acids is 2. The Morgan fingerprint density at radius 3 is 2.44 bits per heavy atom. The monoisotopic (exact) mass is 493 g/mol. The fraction of sp³-hybridized carbons (Fsp3) is 0.464. The summed E-state index contributed by atoms with van der Waals surface area (Å²) in [6.07, 6.45) is 7.06. The number of Topliss-reactive ketones (excluding diaryl/α,β-unsaturated/α-hetero) is 1. The van der Waals surface area contributed by atoms with Crippen LogP contribution in [0, 0.1) is 0 Å². The van der Waals surface area contributed by atoms with Crippen LogP contribution in [0.4, 0.5) is 0 Å². The number of aliphatic hydroxyl groups excluding tert-OH is 1. The molecule has 8 heteroatoms. The first-order chi connectivity index (χ1) is 17.6. The zero-order chi connectivity index (χ0) is 25.3. The molecule has 192 valence electrons. The number of benzene rings is 1. The van der Waals surface area contributed by atoms with E-state index in [1.807, 2.05) is 24.3 Å². The van der Waals surface area contributed by atoms with Gasteiger partial charge in [-0.3, -0.25) is 19.5 Å². The zero-order valence-electron chi connectivity index (χ0n) is 20.9. The normalized spacial score (nSPS) is 20.1. The lowest BCUT2D eigenvalue weighted by atomic mass is 9.95. The Balaban J connectivity index is 1.58. The van der Waals surface area contributed by atoms with Crippen molar-refractivity contribution in [1.29, 1.82) is 0 Å². The molecule has 2 aliphatic rings. The molecule has 1 amide bonds. The summed E-state index contributed by atoms with van der Waals surface area (Å²) < 4.78 is 11.3. The van der Waals surface area contributed by atoms with Gasteiger partial charge in [-0.05, 0) is 42.7 Å². The van der Waals surface area contributed by atoms with Crippen LogP contribution in [-0.2, 0) is 14.3 Å². The summed E-state index contributed by atoms with van der Waals surface area (Å²) in [6, 6.07) is 10.1. The van der Waals surface area contributed by atoms with Gasteiger partial charge in [-0.15, -0.1) is 0 Å². The predicted molar refractivity (Wildman–Crippen MR) is 137 cm³/mol. The third kappa shape index (κ3) is 6.12. The van der Waals surface area contributed by atoms with E-state index in [4.69, 9.17) is 9.47 Å². The second kappa shape index (κ2) is 12.6. The lowest BCUT2D eigenvalue weighted by Gasteiger charge is -2.29. The smallest absolute Gasteiger partial charge is 0.295 e. The van der Waals surface area contributed by atoms with Gasteiger partial charge < -0.3 is 19.5 Å². The van der Waals surface area contributed by atoms with Crippen LogP contribution in [0.15, 0.2) is 54.4 Å². The van der Waals surface area contributed by atoms with Crippen molar-refractivity contribution in [3.05, 3.63) is 65.5 Å². The number of amides is 1. The molecular formula is C28H35N3O5. The second-order valence-corrected chi connectivity index (χ2v) is 9.16. The van der Waals surface area contributed by atoms with E-state index in [2.05, 4.69) is 16.8 Å². The van der Waals surface area contributed by atoms with E-state index in [0.29, 0.717) is 31.9 Å². The summed E-state index contributed by atoms with van der Waals surface area (Å²) in [5.41, 5.74) is 1.32. The fourth-order valence-electron chi connectivity index (χ4n) is 4.70. The molecule has 1 atom stereocenters. The molecule has 0 saturated carbocycles. The van der Waals surface area contributed by atoms with Crippen molar-refractivity contribution in [3.8, 4) is 5.75 Å². The van der Waals surface area contributed by atoms with Crippen molar-refractivity contribution < 1.29 is 24.2 Å². The van der Waals surface area contributed by atoms with Gasteiger partial charge in [0, 0.05) is 44.1 Å². The van der Waals surface area contributed by atoms with E-state index < -0.39 is 17.7 Å². The number of rotatable bonds is 11. The van der Waals surface area contributed by atoms with Crippen LogP contribution >= 0.6 is 0 Å². The number of aliphatic hydroxyl groups is 1. The lowest BCUT2D eigenvalue weighted by Crippen LogP contribution is -2.38. The van der Waals surface area contributed by atoms with Crippen molar-refractivity contribution in [2.45, 2.75) is 38.6 Å². The van der Waals surface area contributed by atoms with Gasteiger partial charge in [0.25, 0.3) is 11.7 Å². The summed E-state index contributed by atoms with van der Waals surface area (Å²) in [5, 5.41) is 11.1. The van der Waals surface area contributed by atoms with Gasteiger partial charge in [0.1, 0.15) is 11.5 Å². The van der Waals surface area contributed by atoms with Gasteiger partial charge >= 0.3 is 0 Å². The highest BCUT2D eigenvalue weighted by Crippen LogP contribution is 2.39. The summed E-state index contributed by atoms with van der Waals surface area (Å²) >= 11 is 0. The van der Waals surface area contributed by atoms with Gasteiger partial charge in [-0.2, -0.15) is 0 Å². The van der Waals surface area contributed by atoms with Crippen LogP contribution in [0.1, 0.15) is 49.8 Å². The summed E-state index contributed by atoms with van der Waals surface area (Å²) in [4.78, 5) is 34.2. The Morgan fingerprint density at radius 1 is 1.03 bits per heavy atom. The molecule has 8 nitrogen and oxygen atoms in total. The average molecular weight is 494 g/mol. The van der Waals surface area contributed by atoms with E-state index in [-0.39, 0.29) is 11.3 Å². The van der Waals surface area contributed by atoms with Crippen LogP contribution in [0.25, 0.3) is 5.76 Å². The first kappa shape index (κ1) is 25.9. The zero-order valence-corrected chi connectivity index (χ0v) is 20.9. The van der Waals surface area contributed by atoms with E-state index in [0.717, 1.165) is 56.6 Å². The Hall–Kier alpha value is -3.23. The number of likely N-dealkylation sites (tertiary alicyclic amines) is 1. The maximum absolute atomic E-state index is 13.2. The molecule has 2 saturated heterocycles. The van der Waals surface area contributed by atoms with Crippen molar-refractivity contribution in [2.24, 2.45) is 0 Å². The second-order valence-electron chi connectivity index (χ2n) is 9.16. The van der Waals surface area contributed by atoms with Gasteiger partial charge in [0.05, 0.1) is 31.4 Å². The minimum absolute atomic E-state index is 0.106. The van der Waals surface area contributed by atoms with Crippen LogP contribution in [0.3, 0.4) is 0 Å². The summed E-state index contributed by atoms with van der Waals surface area (Å²) in [5.74, 6) is -0.692. The quantitative estimate of drug-likeness (QED) is 0.220. The number of pyridine rings is 1. The number of nitrogens with zero attached hydrogens (tertiary/aromatic N) is 3. The van der Waals surface area contributed by atoms with Crippen LogP contribution in [0.2, 0.25) is 0 Å². The molecule has 2 aliphatic heterocycles. The van der Waals surface area contributed by atoms with Crippen molar-refractivity contribution >= 4 is 17.4 Å². The number of unbranched alkanes of at least 4 members (excludes halogenated alkanes) is 2. The third-order valence-electron chi connectivity index (χ3n) is 6.68. The Bertz CT molecular complexity index is 1050. The summed E-state index contributed by atoms with van der Waals surface area (Å²) in [6.45, 7) is 7.18. The molecule has 1 N–H and O–H groups in total. The first-order valence-corrected chi connectivity index (χ1v) is 12.8. The van der Waals surface area contributed by atoms with Crippen molar-refractivity contribution in [2.75, 3.05) is 46.0 Å². The van der Waals surface area contributed by atoms with Gasteiger partial charge in [0.15, 0.2) is 0 Å². The van der Waals surface area contributed by atoms with Gasteiger partial charge in [0.2, 0.25) is 0 Å². The molecule has 0 bridgehead atoms. The third-order valence-corrected chi connectivity index (χ3v) is 6.68. The highest BCUT2D eigenvalue weighted by atomic mass is 16.5. The maximum atomic E-state index is 13.2. The fourth-order valence-corrected chi connectivity index (χ4v) is 4.70. The maximum Gasteiger partial charge on any atom is 0.295 e. The standard InChI is InChI=1S/C28H35N3O5/c1-2-3-4-18-36-23-8-6-21(7-9-23)25-24(26(32)22-10-12-29-13-11-22)27(33)28(34)31(25)15-5-14-30-16-19-35-20-17-30/h6-13,25,32H,2-5,14-20H2,1H3. The minimum Gasteiger partial charge on any atom is -0.507 e. The Kier molecular flexibility index (Phi) is 9.08. The number of hydrogen-bond acceptors (Lipinski definition) is 7. The Morgan fingerprint density at radius 2 is 1.75 bits per heavy atom. The van der Waals surface area contributed by atoms with Gasteiger partial charge in [-0.1, -0.05) is 31.9 Å². The average Bonchev–Trinajstić information content (AvgIpc) is 3.17. The van der Waals surface area contributed by atoms with E-state index in [1.165, 1.54) is 0 Å². The molecule has 2 fully saturated rings. The molecule has 1 aromatic carbocycles. The number of ketones is 1. The number of hydrogen-bond donors (Lipinski definition) is 1. The van der Waals surface area contributed by atoms with Crippen molar-refractivity contribution in [3.63, 3.8) is 0 Å². The highest BCUT2D eigenvalue weighted by Gasteiger charge is 2.45. The van der Waals surface area contributed by atoms with Gasteiger partial charge in [-0.25, -0.2) is 0 Å². The number of ether oxygens (including phenoxy) is 2. The largest absolute Gasteiger partial charge is 0.507 e. The molecule has 0 aliphatic carbocycles. The molecule has 0 spiro atoms.